The van der Waals surface area contributed by atoms with Gasteiger partial charge in [0.1, 0.15) is 0 Å². The molecule has 0 radical (unpaired) electrons. The average molecular weight is 257 g/mol. The number of nitrogen functional groups attached to an aromatic ring is 1. The van der Waals surface area contributed by atoms with E-state index in [2.05, 4.69) is 11.9 Å². The van der Waals surface area contributed by atoms with Crippen molar-refractivity contribution in [2.75, 3.05) is 25.9 Å². The summed E-state index contributed by atoms with van der Waals surface area (Å²) in [6, 6.07) is 6.06. The van der Waals surface area contributed by atoms with Crippen LogP contribution in [-0.4, -0.2) is 29.6 Å². The van der Waals surface area contributed by atoms with Gasteiger partial charge in [-0.25, -0.2) is 0 Å². The van der Waals surface area contributed by atoms with Crippen LogP contribution < -0.4 is 11.3 Å². The third-order valence-corrected chi connectivity index (χ3v) is 4.13. The van der Waals surface area contributed by atoms with Crippen LogP contribution in [0.4, 0.5) is 5.69 Å². The van der Waals surface area contributed by atoms with E-state index in [1.165, 1.54) is 0 Å². The number of anilines is 1. The first-order valence-electron chi connectivity index (χ1n) is 6.66. The fourth-order valence-electron chi connectivity index (χ4n) is 2.90. The Morgan fingerprint density at radius 3 is 2.74 bits per heavy atom. The highest BCUT2D eigenvalue weighted by molar-refractivity contribution is 5.93. The van der Waals surface area contributed by atoms with Gasteiger partial charge in [-0.15, -0.1) is 0 Å². The van der Waals surface area contributed by atoms with Crippen molar-refractivity contribution in [3.63, 3.8) is 0 Å². The fraction of sp³-hybridized carbons (Fsp3) is 0.400. The van der Waals surface area contributed by atoms with Gasteiger partial charge in [-0.2, -0.15) is 0 Å². The topological polar surface area (TPSA) is 51.3 Å². The molecular weight excluding hydrogens is 238 g/mol. The van der Waals surface area contributed by atoms with Crippen LogP contribution >= 0.6 is 0 Å². The summed E-state index contributed by atoms with van der Waals surface area (Å²) in [5.74, 6) is 0. The Balaban J connectivity index is 2.17. The van der Waals surface area contributed by atoms with Crippen molar-refractivity contribution in [1.82, 2.24) is 9.47 Å². The molecule has 1 aliphatic rings. The number of likely N-dealkylation sites (tertiary alicyclic amines) is 1. The quantitative estimate of drug-likeness (QED) is 0.792. The lowest BCUT2D eigenvalue weighted by atomic mass is 10.1. The second kappa shape index (κ2) is 4.38. The Morgan fingerprint density at radius 2 is 2.05 bits per heavy atom. The van der Waals surface area contributed by atoms with Gasteiger partial charge in [0.2, 0.25) is 0 Å². The molecule has 1 saturated heterocycles. The van der Waals surface area contributed by atoms with E-state index in [1.807, 2.05) is 35.9 Å². The third-order valence-electron chi connectivity index (χ3n) is 4.13. The molecule has 1 aliphatic heterocycles. The first-order valence-corrected chi connectivity index (χ1v) is 6.66. The fourth-order valence-corrected chi connectivity index (χ4v) is 2.90. The molecule has 19 heavy (non-hydrogen) atoms. The van der Waals surface area contributed by atoms with Gasteiger partial charge in [-0.3, -0.25) is 4.79 Å². The number of rotatable bonds is 1. The second-order valence-corrected chi connectivity index (χ2v) is 5.49. The molecule has 4 heteroatoms. The smallest absolute Gasteiger partial charge is 0.258 e. The minimum atomic E-state index is 0.0736. The van der Waals surface area contributed by atoms with Crippen LogP contribution in [0.25, 0.3) is 10.8 Å². The summed E-state index contributed by atoms with van der Waals surface area (Å²) in [5.41, 5.74) is 7.86. The largest absolute Gasteiger partial charge is 0.398 e. The number of fused-ring (bicyclic) bond motifs is 1. The van der Waals surface area contributed by atoms with Gasteiger partial charge in [0, 0.05) is 29.2 Å². The van der Waals surface area contributed by atoms with Crippen LogP contribution in [0, 0.1) is 6.92 Å². The van der Waals surface area contributed by atoms with Crippen molar-refractivity contribution in [3.8, 4) is 0 Å². The molecule has 100 valence electrons. The van der Waals surface area contributed by atoms with Crippen LogP contribution in [0.2, 0.25) is 0 Å². The van der Waals surface area contributed by atoms with E-state index in [0.717, 1.165) is 35.8 Å². The SMILES string of the molecule is Cc1ccc2c(=O)n([C@H]3CCN(C)C3)ccc2c1N. The van der Waals surface area contributed by atoms with Crippen molar-refractivity contribution >= 4 is 16.5 Å². The Hall–Kier alpha value is -1.81. The van der Waals surface area contributed by atoms with Crippen molar-refractivity contribution in [2.45, 2.75) is 19.4 Å². The van der Waals surface area contributed by atoms with E-state index in [4.69, 9.17) is 5.73 Å². The highest BCUT2D eigenvalue weighted by Gasteiger charge is 2.22. The third kappa shape index (κ3) is 1.92. The van der Waals surface area contributed by atoms with Gasteiger partial charge >= 0.3 is 0 Å². The molecular formula is C15H19N3O. The van der Waals surface area contributed by atoms with Crippen molar-refractivity contribution in [1.29, 1.82) is 0 Å². The molecule has 4 nitrogen and oxygen atoms in total. The van der Waals surface area contributed by atoms with Crippen LogP contribution in [0.1, 0.15) is 18.0 Å². The highest BCUT2D eigenvalue weighted by atomic mass is 16.1. The summed E-state index contributed by atoms with van der Waals surface area (Å²) in [7, 11) is 2.09. The zero-order valence-corrected chi connectivity index (χ0v) is 11.4. The number of hydrogen-bond donors (Lipinski definition) is 1. The van der Waals surface area contributed by atoms with Gasteiger partial charge in [-0.05, 0) is 44.6 Å². The van der Waals surface area contributed by atoms with Gasteiger partial charge in [0.25, 0.3) is 5.56 Å². The number of nitrogens with zero attached hydrogens (tertiary/aromatic N) is 2. The van der Waals surface area contributed by atoms with E-state index < -0.39 is 0 Å². The lowest BCUT2D eigenvalue weighted by Crippen LogP contribution is -2.26. The molecule has 1 fully saturated rings. The number of aromatic nitrogens is 1. The van der Waals surface area contributed by atoms with Gasteiger partial charge < -0.3 is 15.2 Å². The molecule has 1 aromatic heterocycles. The maximum atomic E-state index is 12.6. The Bertz CT molecular complexity index is 690. The summed E-state index contributed by atoms with van der Waals surface area (Å²) in [5, 5.41) is 1.59. The molecule has 0 aliphatic carbocycles. The molecule has 2 N–H and O–H groups in total. The number of benzene rings is 1. The minimum Gasteiger partial charge on any atom is -0.398 e. The molecule has 0 saturated carbocycles. The summed E-state index contributed by atoms with van der Waals surface area (Å²) in [6.45, 7) is 3.95. The van der Waals surface area contributed by atoms with Gasteiger partial charge in [0.15, 0.2) is 0 Å². The van der Waals surface area contributed by atoms with Crippen molar-refractivity contribution in [3.05, 3.63) is 40.3 Å². The van der Waals surface area contributed by atoms with E-state index in [-0.39, 0.29) is 11.6 Å². The zero-order valence-electron chi connectivity index (χ0n) is 11.4. The predicted octanol–water partition coefficient (Wildman–Crippen LogP) is 1.77. The molecule has 0 bridgehead atoms. The van der Waals surface area contributed by atoms with Crippen LogP contribution in [-0.2, 0) is 0 Å². The van der Waals surface area contributed by atoms with Crippen LogP contribution in [0.15, 0.2) is 29.2 Å². The van der Waals surface area contributed by atoms with Gasteiger partial charge in [-0.1, -0.05) is 6.07 Å². The highest BCUT2D eigenvalue weighted by Crippen LogP contribution is 2.24. The maximum absolute atomic E-state index is 12.6. The van der Waals surface area contributed by atoms with Crippen LogP contribution in [0.3, 0.4) is 0 Å². The Morgan fingerprint density at radius 1 is 1.26 bits per heavy atom. The van der Waals surface area contributed by atoms with E-state index in [9.17, 15) is 4.79 Å². The molecule has 0 spiro atoms. The Labute approximate surface area is 112 Å². The molecule has 2 heterocycles. The molecule has 2 aromatic rings. The average Bonchev–Trinajstić information content (AvgIpc) is 2.81. The Kier molecular flexibility index (Phi) is 2.82. The normalized spacial score (nSPS) is 20.2. The lowest BCUT2D eigenvalue weighted by Gasteiger charge is -2.15. The van der Waals surface area contributed by atoms with E-state index >= 15 is 0 Å². The number of nitrogens with two attached hydrogens (primary N) is 1. The van der Waals surface area contributed by atoms with E-state index in [0.29, 0.717) is 5.69 Å². The standard InChI is InChI=1S/C15H19N3O/c1-10-3-4-13-12(14(10)16)6-8-18(15(13)19)11-5-7-17(2)9-11/h3-4,6,8,11H,5,7,9,16H2,1-2H3/t11-/m0/s1. The predicted molar refractivity (Wildman–Crippen MR) is 78.5 cm³/mol. The van der Waals surface area contributed by atoms with Crippen molar-refractivity contribution in [2.24, 2.45) is 0 Å². The number of pyridine rings is 1. The summed E-state index contributed by atoms with van der Waals surface area (Å²) >= 11 is 0. The van der Waals surface area contributed by atoms with Gasteiger partial charge in [0.05, 0.1) is 6.04 Å². The number of hydrogen-bond acceptors (Lipinski definition) is 3. The van der Waals surface area contributed by atoms with Crippen molar-refractivity contribution < 1.29 is 0 Å². The first-order chi connectivity index (χ1) is 9.08. The monoisotopic (exact) mass is 257 g/mol. The minimum absolute atomic E-state index is 0.0736. The zero-order chi connectivity index (χ0) is 13.6. The summed E-state index contributed by atoms with van der Waals surface area (Å²) in [4.78, 5) is 14.8. The molecule has 0 unspecified atom stereocenters. The number of aryl methyl sites for hydroxylation is 1. The summed E-state index contributed by atoms with van der Waals surface area (Å²) in [6.07, 6.45) is 2.92. The molecule has 1 atom stereocenters. The first kappa shape index (κ1) is 12.2. The van der Waals surface area contributed by atoms with Crippen LogP contribution in [0.5, 0.6) is 0 Å². The molecule has 0 amide bonds. The van der Waals surface area contributed by atoms with E-state index in [1.54, 1.807) is 0 Å². The lowest BCUT2D eigenvalue weighted by molar-refractivity contribution is 0.390. The maximum Gasteiger partial charge on any atom is 0.258 e. The second-order valence-electron chi connectivity index (χ2n) is 5.49. The summed E-state index contributed by atoms with van der Waals surface area (Å²) < 4.78 is 1.86. The molecule has 1 aromatic carbocycles. The molecule has 3 rings (SSSR count). The number of likely N-dealkylation sites (N-methyl/N-ethyl adjacent to an activating group) is 1.